The third kappa shape index (κ3) is 3.30. The van der Waals surface area contributed by atoms with Gasteiger partial charge >= 0.3 is 0 Å². The first-order valence-electron chi connectivity index (χ1n) is 8.28. The van der Waals surface area contributed by atoms with E-state index in [1.165, 1.54) is 36.5 Å². The summed E-state index contributed by atoms with van der Waals surface area (Å²) in [4.78, 5) is 2.60. The summed E-state index contributed by atoms with van der Waals surface area (Å²) in [5, 5.41) is 8.13. The first kappa shape index (κ1) is 16.5. The van der Waals surface area contributed by atoms with Crippen molar-refractivity contribution in [2.24, 2.45) is 5.41 Å². The Morgan fingerprint density at radius 3 is 2.83 bits per heavy atom. The summed E-state index contributed by atoms with van der Waals surface area (Å²) in [5.41, 5.74) is 4.39. The van der Waals surface area contributed by atoms with Crippen LogP contribution in [-0.4, -0.2) is 40.9 Å². The smallest absolute Gasteiger partial charge is 0.0648 e. The third-order valence-corrected chi connectivity index (χ3v) is 5.08. The lowest BCUT2D eigenvalue weighted by atomic mass is 9.88. The molecule has 1 aromatic carbocycles. The third-order valence-electron chi connectivity index (χ3n) is 5.08. The molecule has 0 aliphatic carbocycles. The number of benzene rings is 1. The first-order chi connectivity index (χ1) is 10.7. The molecule has 0 spiro atoms. The highest BCUT2D eigenvalue weighted by atomic mass is 35.5. The van der Waals surface area contributed by atoms with Gasteiger partial charge < -0.3 is 5.32 Å². The maximum Gasteiger partial charge on any atom is 0.0648 e. The molecular weight excluding hydrogens is 308 g/mol. The van der Waals surface area contributed by atoms with Gasteiger partial charge in [0, 0.05) is 43.9 Å². The quantitative estimate of drug-likeness (QED) is 0.938. The van der Waals surface area contributed by atoms with Crippen LogP contribution < -0.4 is 5.32 Å². The van der Waals surface area contributed by atoms with Crippen molar-refractivity contribution in [2.45, 2.75) is 26.3 Å². The molecule has 2 aliphatic heterocycles. The molecule has 5 heteroatoms. The van der Waals surface area contributed by atoms with Crippen LogP contribution in [0.3, 0.4) is 0 Å². The zero-order valence-electron chi connectivity index (χ0n) is 13.7. The maximum absolute atomic E-state index is 4.63. The van der Waals surface area contributed by atoms with Crippen LogP contribution in [0.1, 0.15) is 24.6 Å². The van der Waals surface area contributed by atoms with Crippen molar-refractivity contribution in [3.8, 4) is 5.69 Å². The van der Waals surface area contributed by atoms with E-state index in [1.54, 1.807) is 0 Å². The molecule has 2 aromatic rings. The van der Waals surface area contributed by atoms with E-state index in [4.69, 9.17) is 0 Å². The van der Waals surface area contributed by atoms with E-state index in [2.05, 4.69) is 63.4 Å². The van der Waals surface area contributed by atoms with Gasteiger partial charge in [-0.25, -0.2) is 4.68 Å². The minimum atomic E-state index is 0. The summed E-state index contributed by atoms with van der Waals surface area (Å²) < 4.78 is 2.12. The normalized spacial score (nSPS) is 24.2. The number of hydrogen-bond acceptors (Lipinski definition) is 3. The lowest BCUT2D eigenvalue weighted by molar-refractivity contribution is 0.163. The fourth-order valence-corrected chi connectivity index (χ4v) is 3.86. The fraction of sp³-hybridized carbons (Fsp3) is 0.500. The maximum atomic E-state index is 4.63. The van der Waals surface area contributed by atoms with Gasteiger partial charge in [-0.15, -0.1) is 12.4 Å². The van der Waals surface area contributed by atoms with Crippen LogP contribution in [0.25, 0.3) is 5.69 Å². The minimum absolute atomic E-state index is 0. The van der Waals surface area contributed by atoms with Gasteiger partial charge in [0.1, 0.15) is 0 Å². The molecule has 3 heterocycles. The molecule has 0 saturated carbocycles. The highest BCUT2D eigenvalue weighted by Crippen LogP contribution is 2.29. The van der Waals surface area contributed by atoms with E-state index >= 15 is 0 Å². The van der Waals surface area contributed by atoms with E-state index in [9.17, 15) is 0 Å². The van der Waals surface area contributed by atoms with Crippen molar-refractivity contribution in [3.63, 3.8) is 0 Å². The van der Waals surface area contributed by atoms with Crippen molar-refractivity contribution in [3.05, 3.63) is 47.8 Å². The Kier molecular flexibility index (Phi) is 4.76. The summed E-state index contributed by atoms with van der Waals surface area (Å²) in [5.74, 6) is 0. The van der Waals surface area contributed by atoms with E-state index in [0.717, 1.165) is 26.1 Å². The van der Waals surface area contributed by atoms with E-state index in [0.29, 0.717) is 5.41 Å². The van der Waals surface area contributed by atoms with Gasteiger partial charge in [-0.05, 0) is 30.5 Å². The van der Waals surface area contributed by atoms with Gasteiger partial charge in [0.25, 0.3) is 0 Å². The molecule has 4 rings (SSSR count). The highest BCUT2D eigenvalue weighted by Gasteiger charge is 2.32. The van der Waals surface area contributed by atoms with Crippen LogP contribution in [0.15, 0.2) is 36.5 Å². The van der Waals surface area contributed by atoms with Crippen LogP contribution in [0.2, 0.25) is 0 Å². The van der Waals surface area contributed by atoms with Gasteiger partial charge in [-0.3, -0.25) is 4.90 Å². The topological polar surface area (TPSA) is 33.1 Å². The van der Waals surface area contributed by atoms with Crippen LogP contribution in [-0.2, 0) is 13.0 Å². The molecule has 1 atom stereocenters. The van der Waals surface area contributed by atoms with Gasteiger partial charge in [0.15, 0.2) is 0 Å². The summed E-state index contributed by atoms with van der Waals surface area (Å²) in [6, 6.07) is 10.5. The second-order valence-electron chi connectivity index (χ2n) is 7.06. The zero-order chi connectivity index (χ0) is 15.0. The summed E-state index contributed by atoms with van der Waals surface area (Å²) >= 11 is 0. The number of rotatable bonds is 3. The Morgan fingerprint density at radius 1 is 1.26 bits per heavy atom. The predicted octanol–water partition coefficient (Wildman–Crippen LogP) is 2.65. The standard InChI is InChI=1S/C18H24N4.ClH/c1-18(8-9-19-13-18)14-21-10-7-17-15(12-21)11-20-22(17)16-5-3-2-4-6-16;/h2-6,11,19H,7-10,12-14H2,1H3;1H. The number of nitrogens with one attached hydrogen (secondary N) is 1. The Labute approximate surface area is 144 Å². The molecule has 1 unspecified atom stereocenters. The molecule has 0 radical (unpaired) electrons. The molecule has 2 aliphatic rings. The second-order valence-corrected chi connectivity index (χ2v) is 7.06. The summed E-state index contributed by atoms with van der Waals surface area (Å²) in [7, 11) is 0. The molecule has 4 nitrogen and oxygen atoms in total. The number of nitrogens with zero attached hydrogens (tertiary/aromatic N) is 3. The number of para-hydroxylation sites is 1. The van der Waals surface area contributed by atoms with Crippen LogP contribution in [0.5, 0.6) is 0 Å². The summed E-state index contributed by atoms with van der Waals surface area (Å²) in [6.45, 7) is 8.10. The highest BCUT2D eigenvalue weighted by molar-refractivity contribution is 5.85. The van der Waals surface area contributed by atoms with Crippen LogP contribution >= 0.6 is 12.4 Å². The Balaban J connectivity index is 0.00000156. The number of halogens is 1. The molecule has 0 amide bonds. The van der Waals surface area contributed by atoms with Crippen molar-refractivity contribution < 1.29 is 0 Å². The van der Waals surface area contributed by atoms with Gasteiger partial charge in [-0.1, -0.05) is 25.1 Å². The van der Waals surface area contributed by atoms with E-state index < -0.39 is 0 Å². The number of fused-ring (bicyclic) bond motifs is 1. The number of hydrogen-bond donors (Lipinski definition) is 1. The minimum Gasteiger partial charge on any atom is -0.316 e. The monoisotopic (exact) mass is 332 g/mol. The summed E-state index contributed by atoms with van der Waals surface area (Å²) in [6.07, 6.45) is 4.44. The molecule has 1 aromatic heterocycles. The van der Waals surface area contributed by atoms with Gasteiger partial charge in [-0.2, -0.15) is 5.10 Å². The molecule has 0 bridgehead atoms. The average molecular weight is 333 g/mol. The van der Waals surface area contributed by atoms with Crippen molar-refractivity contribution in [1.29, 1.82) is 0 Å². The second kappa shape index (κ2) is 6.63. The average Bonchev–Trinajstić information content (AvgIpc) is 3.14. The van der Waals surface area contributed by atoms with Crippen molar-refractivity contribution in [1.82, 2.24) is 20.0 Å². The molecule has 1 fully saturated rings. The van der Waals surface area contributed by atoms with Crippen molar-refractivity contribution >= 4 is 12.4 Å². The van der Waals surface area contributed by atoms with Gasteiger partial charge in [0.2, 0.25) is 0 Å². The lowest BCUT2D eigenvalue weighted by Gasteiger charge is -2.34. The van der Waals surface area contributed by atoms with E-state index in [-0.39, 0.29) is 12.4 Å². The molecular formula is C18H25ClN4. The largest absolute Gasteiger partial charge is 0.316 e. The SMILES string of the molecule is CC1(CN2CCc3c(cnn3-c3ccccc3)C2)CCNC1.Cl. The molecule has 1 N–H and O–H groups in total. The zero-order valence-corrected chi connectivity index (χ0v) is 14.5. The molecule has 23 heavy (non-hydrogen) atoms. The van der Waals surface area contributed by atoms with Crippen LogP contribution in [0, 0.1) is 5.41 Å². The first-order valence-corrected chi connectivity index (χ1v) is 8.28. The van der Waals surface area contributed by atoms with Crippen molar-refractivity contribution in [2.75, 3.05) is 26.2 Å². The Hall–Kier alpha value is -1.36. The lowest BCUT2D eigenvalue weighted by Crippen LogP contribution is -2.40. The van der Waals surface area contributed by atoms with E-state index in [1.807, 2.05) is 0 Å². The van der Waals surface area contributed by atoms with Crippen LogP contribution in [0.4, 0.5) is 0 Å². The van der Waals surface area contributed by atoms with Gasteiger partial charge in [0.05, 0.1) is 11.9 Å². The number of aromatic nitrogens is 2. The Bertz CT molecular complexity index is 646. The molecule has 1 saturated heterocycles. The Morgan fingerprint density at radius 2 is 2.09 bits per heavy atom. The fourth-order valence-electron chi connectivity index (χ4n) is 3.86. The predicted molar refractivity (Wildman–Crippen MR) is 95.4 cm³/mol. The molecule has 124 valence electrons.